The first-order valence-corrected chi connectivity index (χ1v) is 9.16. The van der Waals surface area contributed by atoms with Crippen molar-refractivity contribution >= 4 is 11.9 Å². The smallest absolute Gasteiger partial charge is 0.327 e. The zero-order valence-electron chi connectivity index (χ0n) is 15.4. The van der Waals surface area contributed by atoms with Crippen LogP contribution < -0.4 is 5.32 Å². The molecule has 0 aromatic carbocycles. The Labute approximate surface area is 142 Å². The summed E-state index contributed by atoms with van der Waals surface area (Å²) in [5.74, 6) is -0.996. The number of ether oxygens (including phenoxy) is 1. The quantitative estimate of drug-likeness (QED) is 0.284. The lowest BCUT2D eigenvalue weighted by Crippen LogP contribution is -2.31. The van der Waals surface area contributed by atoms with Gasteiger partial charge in [0, 0.05) is 0 Å². The van der Waals surface area contributed by atoms with Crippen LogP contribution in [0.15, 0.2) is 0 Å². The van der Waals surface area contributed by atoms with Crippen LogP contribution in [-0.4, -0.2) is 50.6 Å². The maximum Gasteiger partial charge on any atom is 0.327 e. The molecule has 0 saturated carbocycles. The molecule has 0 aliphatic carbocycles. The van der Waals surface area contributed by atoms with Gasteiger partial charge in [0.1, 0.15) is 0 Å². The summed E-state index contributed by atoms with van der Waals surface area (Å²) in [6.45, 7) is 3.35. The van der Waals surface area contributed by atoms with E-state index in [-0.39, 0.29) is 13.1 Å². The molecule has 0 rings (SSSR count). The number of likely N-dealkylation sites (N-methyl/N-ethyl adjacent to an activating group) is 2. The van der Waals surface area contributed by atoms with Crippen molar-refractivity contribution in [2.24, 2.45) is 0 Å². The van der Waals surface area contributed by atoms with Gasteiger partial charge < -0.3 is 10.1 Å². The first-order valence-electron chi connectivity index (χ1n) is 9.16. The molecule has 0 aliphatic heterocycles. The van der Waals surface area contributed by atoms with Gasteiger partial charge in [0.2, 0.25) is 0 Å². The fraction of sp³-hybridized carbons (Fsp3) is 0.889. The van der Waals surface area contributed by atoms with Crippen LogP contribution in [-0.2, 0) is 14.3 Å². The molecule has 0 saturated heterocycles. The van der Waals surface area contributed by atoms with E-state index in [1.807, 2.05) is 11.9 Å². The van der Waals surface area contributed by atoms with Crippen LogP contribution in [0.25, 0.3) is 0 Å². The minimum Gasteiger partial charge on any atom is -0.391 e. The summed E-state index contributed by atoms with van der Waals surface area (Å²) in [6, 6.07) is 0. The van der Waals surface area contributed by atoms with Gasteiger partial charge in [-0.15, -0.1) is 0 Å². The van der Waals surface area contributed by atoms with E-state index < -0.39 is 11.9 Å². The van der Waals surface area contributed by atoms with Gasteiger partial charge in [-0.1, -0.05) is 64.7 Å². The van der Waals surface area contributed by atoms with Crippen LogP contribution in [0.4, 0.5) is 0 Å². The molecule has 0 bridgehead atoms. The Morgan fingerprint density at radius 3 is 1.91 bits per heavy atom. The number of unbranched alkanes of at least 4 members (excludes halogenated alkanes) is 9. The number of carbonyl (C=O) groups is 2. The second-order valence-corrected chi connectivity index (χ2v) is 6.30. The van der Waals surface area contributed by atoms with Gasteiger partial charge >= 0.3 is 11.9 Å². The van der Waals surface area contributed by atoms with Gasteiger partial charge in [0.15, 0.2) is 0 Å². The third kappa shape index (κ3) is 15.7. The van der Waals surface area contributed by atoms with Crippen LogP contribution in [0.5, 0.6) is 0 Å². The van der Waals surface area contributed by atoms with E-state index in [2.05, 4.69) is 17.0 Å². The van der Waals surface area contributed by atoms with E-state index in [0.29, 0.717) is 0 Å². The maximum atomic E-state index is 11.5. The van der Waals surface area contributed by atoms with Crippen molar-refractivity contribution in [2.75, 3.05) is 33.7 Å². The topological polar surface area (TPSA) is 58.6 Å². The lowest BCUT2D eigenvalue weighted by atomic mass is 10.1. The summed E-state index contributed by atoms with van der Waals surface area (Å²) in [5, 5.41) is 2.66. The van der Waals surface area contributed by atoms with Gasteiger partial charge in [-0.2, -0.15) is 0 Å². The van der Waals surface area contributed by atoms with Crippen LogP contribution in [0.2, 0.25) is 0 Å². The molecule has 5 nitrogen and oxygen atoms in total. The zero-order valence-corrected chi connectivity index (χ0v) is 15.4. The van der Waals surface area contributed by atoms with E-state index in [4.69, 9.17) is 0 Å². The molecule has 0 spiro atoms. The monoisotopic (exact) mass is 328 g/mol. The Morgan fingerprint density at radius 2 is 1.39 bits per heavy atom. The van der Waals surface area contributed by atoms with E-state index in [9.17, 15) is 9.59 Å². The number of nitrogens with one attached hydrogen (secondary N) is 1. The largest absolute Gasteiger partial charge is 0.391 e. The second kappa shape index (κ2) is 15.9. The Kier molecular flexibility index (Phi) is 15.3. The molecule has 0 aromatic heterocycles. The van der Waals surface area contributed by atoms with E-state index in [0.717, 1.165) is 13.0 Å². The molecule has 136 valence electrons. The van der Waals surface area contributed by atoms with Crippen LogP contribution in [0, 0.1) is 0 Å². The van der Waals surface area contributed by atoms with Crippen LogP contribution in [0.1, 0.15) is 71.1 Å². The molecule has 0 amide bonds. The molecule has 0 atom stereocenters. The number of nitrogens with zero attached hydrogens (tertiary/aromatic N) is 1. The first kappa shape index (κ1) is 22.1. The molecule has 0 radical (unpaired) electrons. The molecule has 0 unspecified atom stereocenters. The summed E-state index contributed by atoms with van der Waals surface area (Å²) in [5.41, 5.74) is 0. The van der Waals surface area contributed by atoms with Crippen molar-refractivity contribution in [3.8, 4) is 0 Å². The zero-order chi connectivity index (χ0) is 17.3. The Balaban J connectivity index is 3.41. The Morgan fingerprint density at radius 1 is 0.870 bits per heavy atom. The molecule has 0 fully saturated rings. The van der Waals surface area contributed by atoms with E-state index >= 15 is 0 Å². The number of esters is 2. The lowest BCUT2D eigenvalue weighted by Gasteiger charge is -2.15. The van der Waals surface area contributed by atoms with Crippen molar-refractivity contribution in [2.45, 2.75) is 71.1 Å². The number of carbonyl (C=O) groups excluding carboxylic acids is 2. The Bertz CT molecular complexity index is 309. The van der Waals surface area contributed by atoms with Crippen LogP contribution in [0.3, 0.4) is 0 Å². The van der Waals surface area contributed by atoms with E-state index in [1.165, 1.54) is 57.8 Å². The first-order chi connectivity index (χ1) is 11.1. The highest BCUT2D eigenvalue weighted by Gasteiger charge is 2.11. The van der Waals surface area contributed by atoms with Gasteiger partial charge in [-0.25, -0.2) is 0 Å². The third-order valence-electron chi connectivity index (χ3n) is 3.84. The summed E-state index contributed by atoms with van der Waals surface area (Å²) in [4.78, 5) is 24.6. The lowest BCUT2D eigenvalue weighted by molar-refractivity contribution is -0.159. The highest BCUT2D eigenvalue weighted by Crippen LogP contribution is 2.10. The number of hydrogen-bond donors (Lipinski definition) is 1. The molecule has 1 N–H and O–H groups in total. The standard InChI is InChI=1S/C18H36N2O3/c1-4-5-6-7-8-9-10-11-12-13-14-20(3)16-18(22)23-17(21)15-19-2/h19H,4-16H2,1-3H3. The minimum absolute atomic E-state index is 0.0634. The molecule has 0 aromatic rings. The third-order valence-corrected chi connectivity index (χ3v) is 3.84. The fourth-order valence-corrected chi connectivity index (χ4v) is 2.51. The molecule has 0 aliphatic rings. The van der Waals surface area contributed by atoms with Crippen LogP contribution >= 0.6 is 0 Å². The van der Waals surface area contributed by atoms with Gasteiger partial charge in [-0.05, 0) is 27.1 Å². The summed E-state index contributed by atoms with van der Waals surface area (Å²) in [6.07, 6.45) is 13.0. The van der Waals surface area contributed by atoms with Crippen molar-refractivity contribution < 1.29 is 14.3 Å². The fourth-order valence-electron chi connectivity index (χ4n) is 2.51. The molecule has 0 heterocycles. The van der Waals surface area contributed by atoms with Gasteiger partial charge in [0.25, 0.3) is 0 Å². The molecule has 23 heavy (non-hydrogen) atoms. The predicted molar refractivity (Wildman–Crippen MR) is 94.4 cm³/mol. The Hall–Kier alpha value is -0.940. The van der Waals surface area contributed by atoms with Crippen molar-refractivity contribution in [1.29, 1.82) is 0 Å². The summed E-state index contributed by atoms with van der Waals surface area (Å²) in [7, 11) is 3.53. The predicted octanol–water partition coefficient (Wildman–Crippen LogP) is 3.13. The average Bonchev–Trinajstić information content (AvgIpc) is 2.49. The maximum absolute atomic E-state index is 11.5. The highest BCUT2D eigenvalue weighted by molar-refractivity contribution is 5.87. The normalized spacial score (nSPS) is 11.0. The van der Waals surface area contributed by atoms with Crippen molar-refractivity contribution in [3.63, 3.8) is 0 Å². The van der Waals surface area contributed by atoms with Gasteiger partial charge in [0.05, 0.1) is 13.1 Å². The SMILES string of the molecule is CCCCCCCCCCCCN(C)CC(=O)OC(=O)CNC. The summed E-state index contributed by atoms with van der Waals surface area (Å²) >= 11 is 0. The summed E-state index contributed by atoms with van der Waals surface area (Å²) < 4.78 is 4.68. The highest BCUT2D eigenvalue weighted by atomic mass is 16.6. The average molecular weight is 328 g/mol. The minimum atomic E-state index is -0.523. The van der Waals surface area contributed by atoms with Crippen molar-refractivity contribution in [1.82, 2.24) is 10.2 Å². The molecular formula is C18H36N2O3. The van der Waals surface area contributed by atoms with Gasteiger partial charge in [-0.3, -0.25) is 14.5 Å². The van der Waals surface area contributed by atoms with Crippen molar-refractivity contribution in [3.05, 3.63) is 0 Å². The second-order valence-electron chi connectivity index (χ2n) is 6.30. The number of hydrogen-bond acceptors (Lipinski definition) is 5. The molecular weight excluding hydrogens is 292 g/mol. The molecule has 5 heteroatoms. The number of rotatable bonds is 15. The van der Waals surface area contributed by atoms with E-state index in [1.54, 1.807) is 7.05 Å².